The van der Waals surface area contributed by atoms with Gasteiger partial charge < -0.3 is 5.32 Å². The Bertz CT molecular complexity index is 327. The lowest BCUT2D eigenvalue weighted by Gasteiger charge is -2.21. The van der Waals surface area contributed by atoms with Crippen LogP contribution in [0.5, 0.6) is 0 Å². The predicted octanol–water partition coefficient (Wildman–Crippen LogP) is 2.31. The smallest absolute Gasteiger partial charge is 0.0641 e. The summed E-state index contributed by atoms with van der Waals surface area (Å²) in [6.45, 7) is 13.2. The highest BCUT2D eigenvalue weighted by Gasteiger charge is 2.13. The fourth-order valence-electron chi connectivity index (χ4n) is 1.39. The van der Waals surface area contributed by atoms with Crippen molar-refractivity contribution in [2.45, 2.75) is 39.8 Å². The van der Waals surface area contributed by atoms with Gasteiger partial charge in [-0.25, -0.2) is 0 Å². The number of aromatic nitrogens is 2. The van der Waals surface area contributed by atoms with Gasteiger partial charge in [0.15, 0.2) is 0 Å². The minimum atomic E-state index is 0.359. The summed E-state index contributed by atoms with van der Waals surface area (Å²) >= 11 is 0. The quantitative estimate of drug-likeness (QED) is 0.751. The predicted molar refractivity (Wildman–Crippen MR) is 64.0 cm³/mol. The molecule has 0 aliphatic rings. The molecule has 0 spiro atoms. The Morgan fingerprint density at radius 3 is 2.73 bits per heavy atom. The van der Waals surface area contributed by atoms with Crippen molar-refractivity contribution in [3.63, 3.8) is 0 Å². The molecule has 15 heavy (non-hydrogen) atoms. The van der Waals surface area contributed by atoms with E-state index in [1.54, 1.807) is 0 Å². The Morgan fingerprint density at radius 2 is 2.27 bits per heavy atom. The molecule has 1 N–H and O–H groups in total. The molecule has 0 saturated carbocycles. The molecular weight excluding hydrogens is 186 g/mol. The van der Waals surface area contributed by atoms with Gasteiger partial charge in [0.1, 0.15) is 0 Å². The molecule has 3 nitrogen and oxygen atoms in total. The minimum Gasteiger partial charge on any atom is -0.308 e. The first-order valence-electron chi connectivity index (χ1n) is 5.39. The Kier molecular flexibility index (Phi) is 4.09. The molecular formula is C12H21N3. The highest BCUT2D eigenvalue weighted by molar-refractivity contribution is 5.01. The van der Waals surface area contributed by atoms with Crippen LogP contribution in [0.1, 0.15) is 32.4 Å². The van der Waals surface area contributed by atoms with E-state index >= 15 is 0 Å². The number of nitrogens with one attached hydrogen (secondary N) is 1. The zero-order valence-electron chi connectivity index (χ0n) is 10.1. The molecule has 0 aromatic carbocycles. The summed E-state index contributed by atoms with van der Waals surface area (Å²) in [6, 6.07) is 0.749. The Hall–Kier alpha value is -1.09. The molecule has 0 radical (unpaired) electrons. The number of aryl methyl sites for hydroxylation is 1. The molecule has 3 heteroatoms. The van der Waals surface area contributed by atoms with Gasteiger partial charge in [0.2, 0.25) is 0 Å². The second-order valence-corrected chi connectivity index (χ2v) is 4.36. The molecule has 84 valence electrons. The SMILES string of the molecule is C=C(C)CNC(C)C(C)n1cc(C)cn1. The van der Waals surface area contributed by atoms with Crippen molar-refractivity contribution >= 4 is 0 Å². The summed E-state index contributed by atoms with van der Waals surface area (Å²) in [5, 5.41) is 7.75. The van der Waals surface area contributed by atoms with E-state index in [1.807, 2.05) is 17.8 Å². The molecule has 1 heterocycles. The van der Waals surface area contributed by atoms with Gasteiger partial charge >= 0.3 is 0 Å². The van der Waals surface area contributed by atoms with Gasteiger partial charge in [0, 0.05) is 18.8 Å². The third-order valence-corrected chi connectivity index (χ3v) is 2.60. The zero-order chi connectivity index (χ0) is 11.4. The van der Waals surface area contributed by atoms with E-state index in [4.69, 9.17) is 0 Å². The molecule has 1 rings (SSSR count). The molecule has 0 aliphatic carbocycles. The second kappa shape index (κ2) is 5.12. The van der Waals surface area contributed by atoms with Crippen LogP contribution in [-0.4, -0.2) is 22.4 Å². The fraction of sp³-hybridized carbons (Fsp3) is 0.583. The molecule has 0 bridgehead atoms. The van der Waals surface area contributed by atoms with Crippen molar-refractivity contribution in [3.8, 4) is 0 Å². The average Bonchev–Trinajstić information content (AvgIpc) is 2.60. The Morgan fingerprint density at radius 1 is 1.60 bits per heavy atom. The van der Waals surface area contributed by atoms with Crippen molar-refractivity contribution in [1.82, 2.24) is 15.1 Å². The summed E-state index contributed by atoms with van der Waals surface area (Å²) in [7, 11) is 0. The van der Waals surface area contributed by atoms with E-state index in [9.17, 15) is 0 Å². The lowest BCUT2D eigenvalue weighted by molar-refractivity contribution is 0.374. The standard InChI is InChI=1S/C12H21N3/c1-9(2)6-13-11(4)12(5)15-8-10(3)7-14-15/h7-8,11-13H,1,6H2,2-5H3. The van der Waals surface area contributed by atoms with Gasteiger partial charge in [-0.05, 0) is 33.3 Å². The zero-order valence-corrected chi connectivity index (χ0v) is 10.1. The summed E-state index contributed by atoms with van der Waals surface area (Å²) in [4.78, 5) is 0. The highest BCUT2D eigenvalue weighted by atomic mass is 15.3. The van der Waals surface area contributed by atoms with Crippen LogP contribution in [-0.2, 0) is 0 Å². The van der Waals surface area contributed by atoms with Crippen molar-refractivity contribution in [2.75, 3.05) is 6.54 Å². The first kappa shape index (κ1) is 12.0. The molecule has 0 saturated heterocycles. The van der Waals surface area contributed by atoms with Crippen LogP contribution in [0.4, 0.5) is 0 Å². The van der Waals surface area contributed by atoms with Gasteiger partial charge in [0.05, 0.1) is 12.2 Å². The van der Waals surface area contributed by atoms with Crippen LogP contribution >= 0.6 is 0 Å². The maximum Gasteiger partial charge on any atom is 0.0641 e. The van der Waals surface area contributed by atoms with Crippen LogP contribution in [0.2, 0.25) is 0 Å². The van der Waals surface area contributed by atoms with E-state index in [-0.39, 0.29) is 0 Å². The van der Waals surface area contributed by atoms with Crippen LogP contribution in [0.3, 0.4) is 0 Å². The molecule has 0 amide bonds. The monoisotopic (exact) mass is 207 g/mol. The lowest BCUT2D eigenvalue weighted by atomic mass is 10.1. The summed E-state index contributed by atoms with van der Waals surface area (Å²) in [6.07, 6.45) is 3.96. The summed E-state index contributed by atoms with van der Waals surface area (Å²) < 4.78 is 2.01. The van der Waals surface area contributed by atoms with E-state index in [1.165, 1.54) is 5.56 Å². The Labute approximate surface area is 92.2 Å². The van der Waals surface area contributed by atoms with Crippen molar-refractivity contribution in [3.05, 3.63) is 30.1 Å². The normalized spacial score (nSPS) is 14.9. The van der Waals surface area contributed by atoms with E-state index in [0.29, 0.717) is 12.1 Å². The highest BCUT2D eigenvalue weighted by Crippen LogP contribution is 2.10. The van der Waals surface area contributed by atoms with Crippen LogP contribution < -0.4 is 5.32 Å². The lowest BCUT2D eigenvalue weighted by Crippen LogP contribution is -2.34. The topological polar surface area (TPSA) is 29.9 Å². The van der Waals surface area contributed by atoms with Gasteiger partial charge in [-0.1, -0.05) is 12.2 Å². The fourth-order valence-corrected chi connectivity index (χ4v) is 1.39. The third kappa shape index (κ3) is 3.51. The Balaban J connectivity index is 2.52. The van der Waals surface area contributed by atoms with Crippen molar-refractivity contribution in [2.24, 2.45) is 0 Å². The van der Waals surface area contributed by atoms with E-state index in [2.05, 4.69) is 44.0 Å². The van der Waals surface area contributed by atoms with E-state index < -0.39 is 0 Å². The largest absolute Gasteiger partial charge is 0.308 e. The first-order chi connectivity index (χ1) is 7.00. The maximum absolute atomic E-state index is 4.32. The molecule has 0 fully saturated rings. The minimum absolute atomic E-state index is 0.359. The van der Waals surface area contributed by atoms with E-state index in [0.717, 1.165) is 12.1 Å². The van der Waals surface area contributed by atoms with Gasteiger partial charge in [-0.15, -0.1) is 0 Å². The van der Waals surface area contributed by atoms with Crippen LogP contribution in [0.15, 0.2) is 24.5 Å². The summed E-state index contributed by atoms with van der Waals surface area (Å²) in [5.74, 6) is 0. The summed E-state index contributed by atoms with van der Waals surface area (Å²) in [5.41, 5.74) is 2.36. The molecule has 1 aromatic heterocycles. The van der Waals surface area contributed by atoms with Crippen molar-refractivity contribution < 1.29 is 0 Å². The number of hydrogen-bond acceptors (Lipinski definition) is 2. The average molecular weight is 207 g/mol. The van der Waals surface area contributed by atoms with Gasteiger partial charge in [-0.2, -0.15) is 5.10 Å². The molecule has 2 unspecified atom stereocenters. The molecule has 2 atom stereocenters. The molecule has 1 aromatic rings. The second-order valence-electron chi connectivity index (χ2n) is 4.36. The number of nitrogens with zero attached hydrogens (tertiary/aromatic N) is 2. The third-order valence-electron chi connectivity index (χ3n) is 2.60. The van der Waals surface area contributed by atoms with Crippen LogP contribution in [0, 0.1) is 6.92 Å². The van der Waals surface area contributed by atoms with Gasteiger partial charge in [-0.3, -0.25) is 4.68 Å². The van der Waals surface area contributed by atoms with Crippen LogP contribution in [0.25, 0.3) is 0 Å². The molecule has 0 aliphatic heterocycles. The number of rotatable bonds is 5. The number of hydrogen-bond donors (Lipinski definition) is 1. The van der Waals surface area contributed by atoms with Crippen molar-refractivity contribution in [1.29, 1.82) is 0 Å². The van der Waals surface area contributed by atoms with Gasteiger partial charge in [0.25, 0.3) is 0 Å². The first-order valence-corrected chi connectivity index (χ1v) is 5.39. The maximum atomic E-state index is 4.32.